The Balaban J connectivity index is 2.27. The average molecular weight is 264 g/mol. The number of hydrogen-bond donors (Lipinski definition) is 2. The van der Waals surface area contributed by atoms with Gasteiger partial charge in [-0.3, -0.25) is 4.79 Å². The van der Waals surface area contributed by atoms with E-state index in [1.807, 2.05) is 20.8 Å². The fraction of sp³-hybridized carbons (Fsp3) is 0.500. The van der Waals surface area contributed by atoms with Gasteiger partial charge in [-0.25, -0.2) is 0 Å². The number of nitrogens with two attached hydrogens (primary N) is 1. The topological polar surface area (TPSA) is 73.6 Å². The van der Waals surface area contributed by atoms with Crippen molar-refractivity contribution >= 4 is 17.3 Å². The van der Waals surface area contributed by atoms with Crippen LogP contribution in [0, 0.1) is 5.41 Å². The molecule has 1 aliphatic heterocycles. The Morgan fingerprint density at radius 2 is 1.79 bits per heavy atom. The number of benzene rings is 1. The van der Waals surface area contributed by atoms with Gasteiger partial charge in [-0.2, -0.15) is 0 Å². The van der Waals surface area contributed by atoms with Gasteiger partial charge in [0.05, 0.1) is 24.6 Å². The molecule has 0 bridgehead atoms. The highest BCUT2D eigenvalue weighted by Gasteiger charge is 2.23. The Kier molecular flexibility index (Phi) is 3.55. The van der Waals surface area contributed by atoms with Gasteiger partial charge in [0, 0.05) is 24.0 Å². The molecule has 0 unspecified atom stereocenters. The molecule has 0 aliphatic carbocycles. The maximum Gasteiger partial charge on any atom is 0.229 e. The quantitative estimate of drug-likeness (QED) is 0.764. The lowest BCUT2D eigenvalue weighted by Crippen LogP contribution is -2.28. The molecule has 0 aromatic heterocycles. The Hall–Kier alpha value is -1.91. The van der Waals surface area contributed by atoms with E-state index in [4.69, 9.17) is 15.2 Å². The first-order valence-corrected chi connectivity index (χ1v) is 6.38. The predicted octanol–water partition coefficient (Wildman–Crippen LogP) is 2.41. The summed E-state index contributed by atoms with van der Waals surface area (Å²) in [6.07, 6.45) is 0.832. The summed E-state index contributed by atoms with van der Waals surface area (Å²) >= 11 is 0. The summed E-state index contributed by atoms with van der Waals surface area (Å²) in [7, 11) is 0. The number of amides is 1. The molecular weight excluding hydrogens is 244 g/mol. The third-order valence-corrected chi connectivity index (χ3v) is 2.85. The summed E-state index contributed by atoms with van der Waals surface area (Å²) in [5, 5.41) is 2.82. The number of nitrogen functional groups attached to an aromatic ring is 1. The van der Waals surface area contributed by atoms with E-state index in [1.165, 1.54) is 0 Å². The van der Waals surface area contributed by atoms with Crippen LogP contribution in [0.3, 0.4) is 0 Å². The van der Waals surface area contributed by atoms with Crippen molar-refractivity contribution in [2.75, 3.05) is 24.3 Å². The first-order chi connectivity index (χ1) is 8.88. The van der Waals surface area contributed by atoms with E-state index >= 15 is 0 Å². The summed E-state index contributed by atoms with van der Waals surface area (Å²) in [6, 6.07) is 3.42. The minimum Gasteiger partial charge on any atom is -0.489 e. The lowest BCUT2D eigenvalue weighted by atomic mass is 9.95. The first-order valence-electron chi connectivity index (χ1n) is 6.38. The van der Waals surface area contributed by atoms with Crippen molar-refractivity contribution in [3.63, 3.8) is 0 Å². The SMILES string of the molecule is CC(C)(C)C(=O)Nc1cc2c(cc1N)OCCCO2. The van der Waals surface area contributed by atoms with Crippen LogP contribution in [-0.2, 0) is 4.79 Å². The number of fused-ring (bicyclic) bond motifs is 1. The van der Waals surface area contributed by atoms with Gasteiger partial charge in [0.1, 0.15) is 0 Å². The van der Waals surface area contributed by atoms with Crippen molar-refractivity contribution in [1.29, 1.82) is 0 Å². The monoisotopic (exact) mass is 264 g/mol. The standard InChI is InChI=1S/C14H20N2O3/c1-14(2,3)13(17)16-10-8-12-11(7-9(10)15)18-5-4-6-19-12/h7-8H,4-6,15H2,1-3H3,(H,16,17). The summed E-state index contributed by atoms with van der Waals surface area (Å²) in [5.74, 6) is 1.16. The van der Waals surface area contributed by atoms with Gasteiger partial charge in [0.15, 0.2) is 11.5 Å². The van der Waals surface area contributed by atoms with Crippen molar-refractivity contribution in [2.24, 2.45) is 5.41 Å². The lowest BCUT2D eigenvalue weighted by molar-refractivity contribution is -0.123. The molecule has 0 saturated heterocycles. The molecule has 0 spiro atoms. The molecule has 1 aromatic rings. The van der Waals surface area contributed by atoms with Gasteiger partial charge < -0.3 is 20.5 Å². The number of carbonyl (C=O) groups excluding carboxylic acids is 1. The molecule has 0 radical (unpaired) electrons. The molecule has 5 heteroatoms. The van der Waals surface area contributed by atoms with Gasteiger partial charge in [-0.05, 0) is 0 Å². The van der Waals surface area contributed by atoms with Crippen LogP contribution in [0.1, 0.15) is 27.2 Å². The second kappa shape index (κ2) is 4.99. The van der Waals surface area contributed by atoms with Crippen LogP contribution >= 0.6 is 0 Å². The van der Waals surface area contributed by atoms with E-state index in [1.54, 1.807) is 12.1 Å². The highest BCUT2D eigenvalue weighted by molar-refractivity contribution is 5.97. The van der Waals surface area contributed by atoms with E-state index in [9.17, 15) is 4.79 Å². The minimum atomic E-state index is -0.476. The molecular formula is C14H20N2O3. The lowest BCUT2D eigenvalue weighted by Gasteiger charge is -2.19. The van der Waals surface area contributed by atoms with E-state index in [-0.39, 0.29) is 5.91 Å². The highest BCUT2D eigenvalue weighted by Crippen LogP contribution is 2.37. The number of anilines is 2. The summed E-state index contributed by atoms with van der Waals surface area (Å²) in [4.78, 5) is 12.0. The fourth-order valence-electron chi connectivity index (χ4n) is 1.64. The van der Waals surface area contributed by atoms with Gasteiger partial charge >= 0.3 is 0 Å². The third kappa shape index (κ3) is 3.10. The Morgan fingerprint density at radius 1 is 1.21 bits per heavy atom. The number of hydrogen-bond acceptors (Lipinski definition) is 4. The van der Waals surface area contributed by atoms with E-state index in [0.717, 1.165) is 6.42 Å². The third-order valence-electron chi connectivity index (χ3n) is 2.85. The van der Waals surface area contributed by atoms with E-state index < -0.39 is 5.41 Å². The van der Waals surface area contributed by atoms with Gasteiger partial charge in [0.25, 0.3) is 0 Å². The normalized spacial score (nSPS) is 14.7. The molecule has 1 amide bonds. The summed E-state index contributed by atoms with van der Waals surface area (Å²) in [5.41, 5.74) is 6.49. The van der Waals surface area contributed by atoms with Crippen LogP contribution < -0.4 is 20.5 Å². The van der Waals surface area contributed by atoms with Crippen molar-refractivity contribution in [1.82, 2.24) is 0 Å². The van der Waals surface area contributed by atoms with Crippen LogP contribution in [0.25, 0.3) is 0 Å². The number of rotatable bonds is 1. The summed E-state index contributed by atoms with van der Waals surface area (Å²) in [6.45, 7) is 6.76. The average Bonchev–Trinajstić information content (AvgIpc) is 2.53. The van der Waals surface area contributed by atoms with E-state index in [2.05, 4.69) is 5.32 Å². The van der Waals surface area contributed by atoms with Crippen LogP contribution in [0.5, 0.6) is 11.5 Å². The molecule has 2 rings (SSSR count). The zero-order chi connectivity index (χ0) is 14.0. The van der Waals surface area contributed by atoms with Gasteiger partial charge in [-0.15, -0.1) is 0 Å². The van der Waals surface area contributed by atoms with Crippen molar-refractivity contribution < 1.29 is 14.3 Å². The summed E-state index contributed by atoms with van der Waals surface area (Å²) < 4.78 is 11.1. The highest BCUT2D eigenvalue weighted by atomic mass is 16.5. The molecule has 0 fully saturated rings. The second-order valence-corrected chi connectivity index (χ2v) is 5.64. The fourth-order valence-corrected chi connectivity index (χ4v) is 1.64. The molecule has 1 aromatic carbocycles. The van der Waals surface area contributed by atoms with Crippen LogP contribution in [0.2, 0.25) is 0 Å². The van der Waals surface area contributed by atoms with Crippen molar-refractivity contribution in [2.45, 2.75) is 27.2 Å². The predicted molar refractivity (Wildman–Crippen MR) is 74.5 cm³/mol. The molecule has 0 saturated carbocycles. The maximum absolute atomic E-state index is 12.0. The van der Waals surface area contributed by atoms with Crippen LogP contribution in [0.15, 0.2) is 12.1 Å². The van der Waals surface area contributed by atoms with Crippen molar-refractivity contribution in [3.05, 3.63) is 12.1 Å². The maximum atomic E-state index is 12.0. The van der Waals surface area contributed by atoms with Gasteiger partial charge in [-0.1, -0.05) is 20.8 Å². The Morgan fingerprint density at radius 3 is 2.37 bits per heavy atom. The molecule has 3 N–H and O–H groups in total. The van der Waals surface area contributed by atoms with E-state index in [0.29, 0.717) is 36.1 Å². The minimum absolute atomic E-state index is 0.0892. The smallest absolute Gasteiger partial charge is 0.229 e. The van der Waals surface area contributed by atoms with Gasteiger partial charge in [0.2, 0.25) is 5.91 Å². The Labute approximate surface area is 113 Å². The molecule has 0 atom stereocenters. The molecule has 1 aliphatic rings. The largest absolute Gasteiger partial charge is 0.489 e. The molecule has 5 nitrogen and oxygen atoms in total. The zero-order valence-electron chi connectivity index (χ0n) is 11.6. The first kappa shape index (κ1) is 13.5. The molecule has 19 heavy (non-hydrogen) atoms. The number of ether oxygens (including phenoxy) is 2. The number of carbonyl (C=O) groups is 1. The molecule has 104 valence electrons. The second-order valence-electron chi connectivity index (χ2n) is 5.64. The Bertz CT molecular complexity index is 492. The van der Waals surface area contributed by atoms with Crippen LogP contribution in [-0.4, -0.2) is 19.1 Å². The van der Waals surface area contributed by atoms with Crippen LogP contribution in [0.4, 0.5) is 11.4 Å². The van der Waals surface area contributed by atoms with Crippen molar-refractivity contribution in [3.8, 4) is 11.5 Å². The zero-order valence-corrected chi connectivity index (χ0v) is 11.6. The molecule has 1 heterocycles. The number of nitrogens with one attached hydrogen (secondary N) is 1.